The van der Waals surface area contributed by atoms with E-state index in [0.717, 1.165) is 16.8 Å². The minimum Gasteiger partial charge on any atom is -0.329 e. The van der Waals surface area contributed by atoms with Gasteiger partial charge in [0.1, 0.15) is 5.82 Å². The molecule has 5 heteroatoms. The number of aryl methyl sites for hydroxylation is 1. The van der Waals surface area contributed by atoms with Crippen molar-refractivity contribution >= 4 is 11.7 Å². The zero-order valence-corrected chi connectivity index (χ0v) is 15.6. The third-order valence-corrected chi connectivity index (χ3v) is 4.35. The van der Waals surface area contributed by atoms with Gasteiger partial charge in [-0.2, -0.15) is 0 Å². The maximum absolute atomic E-state index is 13.5. The molecule has 0 fully saturated rings. The smallest absolute Gasteiger partial charge is 0.319 e. The average Bonchev–Trinajstić information content (AvgIpc) is 2.62. The first-order valence-corrected chi connectivity index (χ1v) is 8.72. The first-order chi connectivity index (χ1) is 12.8. The van der Waals surface area contributed by atoms with Crippen LogP contribution in [0.5, 0.6) is 0 Å². The van der Waals surface area contributed by atoms with Crippen LogP contribution in [-0.4, -0.2) is 11.0 Å². The predicted octanol–water partition coefficient (Wildman–Crippen LogP) is 5.25. The van der Waals surface area contributed by atoms with Gasteiger partial charge in [0, 0.05) is 17.6 Å². The lowest BCUT2D eigenvalue weighted by Crippen LogP contribution is -2.43. The number of hydrogen-bond donors (Lipinski definition) is 2. The summed E-state index contributed by atoms with van der Waals surface area (Å²) >= 11 is 0. The fraction of sp³-hybridized carbons (Fsp3) is 0.182. The van der Waals surface area contributed by atoms with Gasteiger partial charge >= 0.3 is 6.03 Å². The van der Waals surface area contributed by atoms with Crippen molar-refractivity contribution in [3.8, 4) is 11.1 Å². The Morgan fingerprint density at radius 3 is 2.41 bits per heavy atom. The van der Waals surface area contributed by atoms with E-state index in [2.05, 4.69) is 15.6 Å². The molecule has 2 N–H and O–H groups in total. The molecular formula is C22H22FN3O. The van der Waals surface area contributed by atoms with Gasteiger partial charge in [-0.3, -0.25) is 4.98 Å². The Morgan fingerprint density at radius 1 is 1.00 bits per heavy atom. The van der Waals surface area contributed by atoms with Gasteiger partial charge in [0.2, 0.25) is 0 Å². The summed E-state index contributed by atoms with van der Waals surface area (Å²) in [7, 11) is 0. The Balaban J connectivity index is 1.67. The van der Waals surface area contributed by atoms with E-state index in [4.69, 9.17) is 0 Å². The number of nitrogens with zero attached hydrogens (tertiary/aromatic N) is 1. The van der Waals surface area contributed by atoms with Crippen molar-refractivity contribution < 1.29 is 9.18 Å². The fourth-order valence-corrected chi connectivity index (χ4v) is 2.87. The number of pyridine rings is 1. The van der Waals surface area contributed by atoms with Gasteiger partial charge in [0.05, 0.1) is 5.54 Å². The van der Waals surface area contributed by atoms with Gasteiger partial charge in [-0.05, 0) is 73.9 Å². The fourth-order valence-electron chi connectivity index (χ4n) is 2.87. The van der Waals surface area contributed by atoms with Crippen LogP contribution in [0.3, 0.4) is 0 Å². The van der Waals surface area contributed by atoms with E-state index in [1.165, 1.54) is 12.1 Å². The van der Waals surface area contributed by atoms with E-state index < -0.39 is 5.54 Å². The van der Waals surface area contributed by atoms with Gasteiger partial charge < -0.3 is 10.6 Å². The SMILES string of the molecule is Cc1cc(-c2ccc(NC(=O)NC(C)(C)c3cccc(F)c3)cc2)ccn1. The van der Waals surface area contributed by atoms with E-state index in [-0.39, 0.29) is 11.8 Å². The summed E-state index contributed by atoms with van der Waals surface area (Å²) in [5.74, 6) is -0.329. The number of carbonyl (C=O) groups is 1. The summed E-state index contributed by atoms with van der Waals surface area (Å²) in [5.41, 5.74) is 3.74. The third-order valence-electron chi connectivity index (χ3n) is 4.35. The van der Waals surface area contributed by atoms with Crippen LogP contribution >= 0.6 is 0 Å². The summed E-state index contributed by atoms with van der Waals surface area (Å²) in [4.78, 5) is 16.6. The van der Waals surface area contributed by atoms with Crippen molar-refractivity contribution in [2.24, 2.45) is 0 Å². The number of nitrogens with one attached hydrogen (secondary N) is 2. The quantitative estimate of drug-likeness (QED) is 0.665. The molecule has 2 amide bonds. The molecule has 0 aliphatic rings. The standard InChI is InChI=1S/C22H22FN3O/c1-15-13-17(11-12-24-15)16-7-9-20(10-8-16)25-21(27)26-22(2,3)18-5-4-6-19(23)14-18/h4-14H,1-3H3,(H2,25,26,27). The van der Waals surface area contributed by atoms with E-state index in [0.29, 0.717) is 11.3 Å². The second-order valence-corrected chi connectivity index (χ2v) is 6.98. The summed E-state index contributed by atoms with van der Waals surface area (Å²) in [6, 6.07) is 17.4. The lowest BCUT2D eigenvalue weighted by atomic mass is 9.94. The topological polar surface area (TPSA) is 54.0 Å². The van der Waals surface area contributed by atoms with Gasteiger partial charge in [0.25, 0.3) is 0 Å². The number of halogens is 1. The average molecular weight is 363 g/mol. The zero-order chi connectivity index (χ0) is 19.4. The Hall–Kier alpha value is -3.21. The highest BCUT2D eigenvalue weighted by atomic mass is 19.1. The van der Waals surface area contributed by atoms with Crippen LogP contribution in [0, 0.1) is 12.7 Å². The number of rotatable bonds is 4. The molecule has 0 aliphatic heterocycles. The number of aromatic nitrogens is 1. The van der Waals surface area contributed by atoms with Crippen LogP contribution in [0.15, 0.2) is 66.9 Å². The monoisotopic (exact) mass is 363 g/mol. The molecule has 0 saturated heterocycles. The second-order valence-electron chi connectivity index (χ2n) is 6.98. The van der Waals surface area contributed by atoms with Crippen LogP contribution in [-0.2, 0) is 5.54 Å². The maximum atomic E-state index is 13.5. The van der Waals surface area contributed by atoms with E-state index in [9.17, 15) is 9.18 Å². The molecule has 0 unspecified atom stereocenters. The molecule has 3 rings (SSSR count). The summed E-state index contributed by atoms with van der Waals surface area (Å²) in [5, 5.41) is 5.69. The highest BCUT2D eigenvalue weighted by Gasteiger charge is 2.23. The van der Waals surface area contributed by atoms with Crippen LogP contribution in [0.25, 0.3) is 11.1 Å². The highest BCUT2D eigenvalue weighted by Crippen LogP contribution is 2.23. The Morgan fingerprint density at radius 2 is 1.74 bits per heavy atom. The number of hydrogen-bond acceptors (Lipinski definition) is 2. The van der Waals surface area contributed by atoms with Crippen molar-refractivity contribution in [2.45, 2.75) is 26.3 Å². The normalized spacial score (nSPS) is 11.1. The molecule has 0 bridgehead atoms. The summed E-state index contributed by atoms with van der Waals surface area (Å²) in [6.07, 6.45) is 1.78. The molecule has 0 aliphatic carbocycles. The largest absolute Gasteiger partial charge is 0.329 e. The maximum Gasteiger partial charge on any atom is 0.319 e. The van der Waals surface area contributed by atoms with Crippen molar-refractivity contribution in [1.82, 2.24) is 10.3 Å². The van der Waals surface area contributed by atoms with Gasteiger partial charge in [-0.25, -0.2) is 9.18 Å². The number of amides is 2. The van der Waals surface area contributed by atoms with Crippen LogP contribution < -0.4 is 10.6 Å². The summed E-state index contributed by atoms with van der Waals surface area (Å²) < 4.78 is 13.5. The predicted molar refractivity (Wildman–Crippen MR) is 106 cm³/mol. The van der Waals surface area contributed by atoms with Gasteiger partial charge in [-0.15, -0.1) is 0 Å². The first-order valence-electron chi connectivity index (χ1n) is 8.72. The number of benzene rings is 2. The zero-order valence-electron chi connectivity index (χ0n) is 15.6. The van der Waals surface area contributed by atoms with Gasteiger partial charge in [0.15, 0.2) is 0 Å². The summed E-state index contributed by atoms with van der Waals surface area (Å²) in [6.45, 7) is 5.61. The van der Waals surface area contributed by atoms with Gasteiger partial charge in [-0.1, -0.05) is 24.3 Å². The molecule has 3 aromatic rings. The highest BCUT2D eigenvalue weighted by molar-refractivity contribution is 5.90. The molecule has 0 spiro atoms. The Kier molecular flexibility index (Phi) is 5.21. The van der Waals surface area contributed by atoms with Crippen LogP contribution in [0.1, 0.15) is 25.1 Å². The Bertz CT molecular complexity index is 952. The second kappa shape index (κ2) is 7.58. The molecule has 27 heavy (non-hydrogen) atoms. The lowest BCUT2D eigenvalue weighted by molar-refractivity contribution is 0.242. The van der Waals surface area contributed by atoms with Crippen LogP contribution in [0.2, 0.25) is 0 Å². The lowest BCUT2D eigenvalue weighted by Gasteiger charge is -2.27. The number of urea groups is 1. The van der Waals surface area contributed by atoms with Crippen LogP contribution in [0.4, 0.5) is 14.9 Å². The first kappa shape index (κ1) is 18.6. The van der Waals surface area contributed by atoms with E-state index in [1.54, 1.807) is 18.3 Å². The van der Waals surface area contributed by atoms with E-state index >= 15 is 0 Å². The molecule has 2 aromatic carbocycles. The number of anilines is 1. The molecule has 138 valence electrons. The molecule has 1 aromatic heterocycles. The molecule has 0 saturated carbocycles. The molecular weight excluding hydrogens is 341 g/mol. The molecule has 0 atom stereocenters. The molecule has 1 heterocycles. The molecule has 0 radical (unpaired) electrons. The number of carbonyl (C=O) groups excluding carboxylic acids is 1. The van der Waals surface area contributed by atoms with Crippen molar-refractivity contribution in [3.05, 3.63) is 83.9 Å². The van der Waals surface area contributed by atoms with E-state index in [1.807, 2.05) is 57.2 Å². The molecule has 4 nitrogen and oxygen atoms in total. The third kappa shape index (κ3) is 4.70. The Labute approximate surface area is 158 Å². The van der Waals surface area contributed by atoms with Crippen molar-refractivity contribution in [2.75, 3.05) is 5.32 Å². The minimum absolute atomic E-state index is 0.329. The van der Waals surface area contributed by atoms with Crippen molar-refractivity contribution in [1.29, 1.82) is 0 Å². The minimum atomic E-state index is -0.708. The van der Waals surface area contributed by atoms with Crippen molar-refractivity contribution in [3.63, 3.8) is 0 Å².